The molecule has 0 aromatic rings. The molecule has 5 nitrogen and oxygen atoms in total. The van der Waals surface area contributed by atoms with Crippen molar-refractivity contribution in [1.29, 1.82) is 0 Å². The summed E-state index contributed by atoms with van der Waals surface area (Å²) in [6.45, 7) is 11.6. The van der Waals surface area contributed by atoms with Crippen molar-refractivity contribution in [2.45, 2.75) is 40.5 Å². The van der Waals surface area contributed by atoms with E-state index in [9.17, 15) is 9.59 Å². The van der Waals surface area contributed by atoms with E-state index in [1.165, 1.54) is 0 Å². The molecule has 0 N–H and O–H groups in total. The molecule has 112 valence electrons. The largest absolute Gasteiger partial charge is 0.380 e. The van der Waals surface area contributed by atoms with Gasteiger partial charge in [-0.25, -0.2) is 0 Å². The third-order valence-corrected chi connectivity index (χ3v) is 3.15. The van der Waals surface area contributed by atoms with E-state index in [2.05, 4.69) is 0 Å². The zero-order chi connectivity index (χ0) is 14.7. The van der Waals surface area contributed by atoms with Crippen LogP contribution in [-0.2, 0) is 14.3 Å². The van der Waals surface area contributed by atoms with Crippen molar-refractivity contribution in [3.63, 3.8) is 0 Å². The van der Waals surface area contributed by atoms with Crippen molar-refractivity contribution in [3.8, 4) is 0 Å². The maximum Gasteiger partial charge on any atom is 0.224 e. The highest BCUT2D eigenvalue weighted by atomic mass is 16.5. The molecule has 19 heavy (non-hydrogen) atoms. The van der Waals surface area contributed by atoms with E-state index >= 15 is 0 Å². The van der Waals surface area contributed by atoms with Gasteiger partial charge in [0.15, 0.2) is 0 Å². The highest BCUT2D eigenvalue weighted by Gasteiger charge is 2.10. The lowest BCUT2D eigenvalue weighted by Crippen LogP contribution is -2.32. The van der Waals surface area contributed by atoms with Crippen LogP contribution in [0.5, 0.6) is 0 Å². The van der Waals surface area contributed by atoms with Gasteiger partial charge < -0.3 is 14.5 Å². The number of amides is 2. The van der Waals surface area contributed by atoms with Crippen LogP contribution in [0.1, 0.15) is 40.5 Å². The van der Waals surface area contributed by atoms with E-state index in [1.54, 1.807) is 9.80 Å². The monoisotopic (exact) mass is 272 g/mol. The van der Waals surface area contributed by atoms with Crippen LogP contribution in [-0.4, -0.2) is 61.0 Å². The van der Waals surface area contributed by atoms with Crippen LogP contribution in [0, 0.1) is 0 Å². The molecule has 0 radical (unpaired) electrons. The number of rotatable bonds is 10. The van der Waals surface area contributed by atoms with Gasteiger partial charge in [-0.15, -0.1) is 0 Å². The van der Waals surface area contributed by atoms with Crippen LogP contribution >= 0.6 is 0 Å². The molecule has 0 aliphatic carbocycles. The molecule has 0 saturated carbocycles. The average Bonchev–Trinajstić information content (AvgIpc) is 2.41. The normalized spacial score (nSPS) is 10.3. The Morgan fingerprint density at radius 2 is 1.05 bits per heavy atom. The second-order valence-electron chi connectivity index (χ2n) is 4.24. The summed E-state index contributed by atoms with van der Waals surface area (Å²) in [6, 6.07) is 0. The summed E-state index contributed by atoms with van der Waals surface area (Å²) >= 11 is 0. The van der Waals surface area contributed by atoms with E-state index < -0.39 is 0 Å². The molecule has 2 amide bonds. The van der Waals surface area contributed by atoms with Gasteiger partial charge >= 0.3 is 0 Å². The summed E-state index contributed by atoms with van der Waals surface area (Å²) < 4.78 is 5.36. The second kappa shape index (κ2) is 10.8. The van der Waals surface area contributed by atoms with Crippen molar-refractivity contribution in [2.24, 2.45) is 0 Å². The fourth-order valence-corrected chi connectivity index (χ4v) is 1.89. The van der Waals surface area contributed by atoms with Gasteiger partial charge in [-0.3, -0.25) is 9.59 Å². The highest BCUT2D eigenvalue weighted by molar-refractivity contribution is 5.76. The molecule has 0 saturated heterocycles. The molecule has 0 aromatic heterocycles. The third-order valence-electron chi connectivity index (χ3n) is 3.15. The fraction of sp³-hybridized carbons (Fsp3) is 0.857. The standard InChI is InChI=1S/C14H28N2O3/c1-5-15(6-2)13(17)9-11-19-12-10-14(18)16(7-3)8-4/h5-12H2,1-4H3. The summed E-state index contributed by atoms with van der Waals surface area (Å²) in [5, 5.41) is 0. The van der Waals surface area contributed by atoms with Crippen molar-refractivity contribution >= 4 is 11.8 Å². The Labute approximate surface area is 116 Å². The minimum Gasteiger partial charge on any atom is -0.380 e. The first kappa shape index (κ1) is 17.9. The minimum absolute atomic E-state index is 0.111. The first-order chi connectivity index (χ1) is 9.10. The summed E-state index contributed by atoms with van der Waals surface area (Å²) in [4.78, 5) is 26.9. The molecule has 0 aromatic carbocycles. The van der Waals surface area contributed by atoms with Gasteiger partial charge in [-0.1, -0.05) is 0 Å². The zero-order valence-corrected chi connectivity index (χ0v) is 12.8. The van der Waals surface area contributed by atoms with Crippen LogP contribution in [0.4, 0.5) is 0 Å². The fourth-order valence-electron chi connectivity index (χ4n) is 1.89. The molecule has 0 atom stereocenters. The van der Waals surface area contributed by atoms with Crippen LogP contribution in [0.15, 0.2) is 0 Å². The third kappa shape index (κ3) is 7.15. The van der Waals surface area contributed by atoms with E-state index in [0.29, 0.717) is 26.1 Å². The molecule has 0 spiro atoms. The van der Waals surface area contributed by atoms with E-state index in [0.717, 1.165) is 26.2 Å². The van der Waals surface area contributed by atoms with Crippen molar-refractivity contribution < 1.29 is 14.3 Å². The van der Waals surface area contributed by atoms with Crippen LogP contribution < -0.4 is 0 Å². The Morgan fingerprint density at radius 1 is 0.737 bits per heavy atom. The van der Waals surface area contributed by atoms with Gasteiger partial charge in [-0.05, 0) is 27.7 Å². The summed E-state index contributed by atoms with van der Waals surface area (Å²) in [5.74, 6) is 0.222. The molecular weight excluding hydrogens is 244 g/mol. The molecule has 0 rings (SSSR count). The zero-order valence-electron chi connectivity index (χ0n) is 12.8. The Balaban J connectivity index is 3.70. The lowest BCUT2D eigenvalue weighted by molar-refractivity contribution is -0.132. The number of carbonyl (C=O) groups excluding carboxylic acids is 2. The smallest absolute Gasteiger partial charge is 0.224 e. The lowest BCUT2D eigenvalue weighted by Gasteiger charge is -2.19. The SMILES string of the molecule is CCN(CC)C(=O)CCOCCC(=O)N(CC)CC. The van der Waals surface area contributed by atoms with Gasteiger partial charge in [0.1, 0.15) is 0 Å². The molecule has 0 heterocycles. The van der Waals surface area contributed by atoms with E-state index in [4.69, 9.17) is 4.74 Å². The molecule has 0 fully saturated rings. The van der Waals surface area contributed by atoms with E-state index in [1.807, 2.05) is 27.7 Å². The molecule has 0 aliphatic rings. The number of hydrogen-bond donors (Lipinski definition) is 0. The van der Waals surface area contributed by atoms with E-state index in [-0.39, 0.29) is 11.8 Å². The predicted octanol–water partition coefficient (Wildman–Crippen LogP) is 1.52. The number of ether oxygens (including phenoxy) is 1. The van der Waals surface area contributed by atoms with Crippen LogP contribution in [0.2, 0.25) is 0 Å². The van der Waals surface area contributed by atoms with Crippen molar-refractivity contribution in [2.75, 3.05) is 39.4 Å². The van der Waals surface area contributed by atoms with Gasteiger partial charge in [0, 0.05) is 26.2 Å². The molecule has 5 heteroatoms. The van der Waals surface area contributed by atoms with Gasteiger partial charge in [-0.2, -0.15) is 0 Å². The maximum absolute atomic E-state index is 11.7. The first-order valence-electron chi connectivity index (χ1n) is 7.23. The Morgan fingerprint density at radius 3 is 1.32 bits per heavy atom. The number of hydrogen-bond acceptors (Lipinski definition) is 3. The molecular formula is C14H28N2O3. The molecule has 0 aliphatic heterocycles. The Kier molecular flexibility index (Phi) is 10.2. The average molecular weight is 272 g/mol. The summed E-state index contributed by atoms with van der Waals surface area (Å²) in [6.07, 6.45) is 0.780. The summed E-state index contributed by atoms with van der Waals surface area (Å²) in [7, 11) is 0. The van der Waals surface area contributed by atoms with Gasteiger partial charge in [0.2, 0.25) is 11.8 Å². The summed E-state index contributed by atoms with van der Waals surface area (Å²) in [5.41, 5.74) is 0. The topological polar surface area (TPSA) is 49.9 Å². The van der Waals surface area contributed by atoms with Crippen molar-refractivity contribution in [3.05, 3.63) is 0 Å². The van der Waals surface area contributed by atoms with Crippen LogP contribution in [0.25, 0.3) is 0 Å². The van der Waals surface area contributed by atoms with Crippen LogP contribution in [0.3, 0.4) is 0 Å². The quantitative estimate of drug-likeness (QED) is 0.567. The van der Waals surface area contributed by atoms with Gasteiger partial charge in [0.25, 0.3) is 0 Å². The highest BCUT2D eigenvalue weighted by Crippen LogP contribution is 1.97. The predicted molar refractivity (Wildman–Crippen MR) is 75.9 cm³/mol. The Bertz CT molecular complexity index is 235. The minimum atomic E-state index is 0.111. The second-order valence-corrected chi connectivity index (χ2v) is 4.24. The lowest BCUT2D eigenvalue weighted by atomic mass is 10.3. The van der Waals surface area contributed by atoms with Gasteiger partial charge in [0.05, 0.1) is 26.1 Å². The van der Waals surface area contributed by atoms with Crippen molar-refractivity contribution in [1.82, 2.24) is 9.80 Å². The molecule has 0 unspecified atom stereocenters. The first-order valence-corrected chi connectivity index (χ1v) is 7.23. The number of carbonyl (C=O) groups is 2. The molecule has 0 bridgehead atoms. The maximum atomic E-state index is 11.7. The Hall–Kier alpha value is -1.10. The number of nitrogens with zero attached hydrogens (tertiary/aromatic N) is 2.